The molecule has 0 saturated heterocycles. The highest BCUT2D eigenvalue weighted by molar-refractivity contribution is 4.89. The van der Waals surface area contributed by atoms with Crippen LogP contribution >= 0.6 is 0 Å². The molecule has 0 amide bonds. The maximum atomic E-state index is 5.04. The Morgan fingerprint density at radius 1 is 1.40 bits per heavy atom. The van der Waals surface area contributed by atoms with Crippen LogP contribution in [0.15, 0.2) is 0 Å². The first kappa shape index (κ1) is 15.4. The smallest absolute Gasteiger partial charge is 0.167 e. The molecule has 0 aromatic carbocycles. The second kappa shape index (κ2) is 8.32. The molecular formula is C14H27N5O. The third-order valence-corrected chi connectivity index (χ3v) is 4.16. The molecule has 2 rings (SSSR count). The molecule has 0 radical (unpaired) electrons. The molecule has 1 aliphatic rings. The third kappa shape index (κ3) is 4.52. The Labute approximate surface area is 121 Å². The lowest BCUT2D eigenvalue weighted by molar-refractivity contribution is 0.195. The van der Waals surface area contributed by atoms with Crippen molar-refractivity contribution in [3.05, 3.63) is 5.82 Å². The number of nitrogens with zero attached hydrogens (tertiary/aromatic N) is 4. The van der Waals surface area contributed by atoms with Crippen molar-refractivity contribution in [3.8, 4) is 0 Å². The molecule has 0 bridgehead atoms. The maximum absolute atomic E-state index is 5.04. The monoisotopic (exact) mass is 281 g/mol. The summed E-state index contributed by atoms with van der Waals surface area (Å²) in [6.45, 7) is 4.53. The summed E-state index contributed by atoms with van der Waals surface area (Å²) in [5.74, 6) is 1.86. The molecule has 1 atom stereocenters. The van der Waals surface area contributed by atoms with E-state index in [2.05, 4.69) is 27.8 Å². The van der Waals surface area contributed by atoms with Crippen molar-refractivity contribution >= 4 is 0 Å². The highest BCUT2D eigenvalue weighted by Gasteiger charge is 2.16. The van der Waals surface area contributed by atoms with Gasteiger partial charge in [-0.1, -0.05) is 25.7 Å². The molecule has 114 valence electrons. The fourth-order valence-electron chi connectivity index (χ4n) is 2.98. The molecule has 20 heavy (non-hydrogen) atoms. The first-order valence-electron chi connectivity index (χ1n) is 7.79. The van der Waals surface area contributed by atoms with E-state index in [9.17, 15) is 0 Å². The predicted molar refractivity (Wildman–Crippen MR) is 77.3 cm³/mol. The molecular weight excluding hydrogens is 254 g/mol. The number of aromatic nitrogens is 4. The van der Waals surface area contributed by atoms with Gasteiger partial charge in [0.2, 0.25) is 0 Å². The molecule has 1 N–H and O–H groups in total. The lowest BCUT2D eigenvalue weighted by Crippen LogP contribution is -2.25. The van der Waals surface area contributed by atoms with Gasteiger partial charge in [-0.05, 0) is 36.1 Å². The van der Waals surface area contributed by atoms with E-state index in [1.807, 2.05) is 4.68 Å². The normalized spacial score (nSPS) is 17.7. The van der Waals surface area contributed by atoms with Crippen LogP contribution in [-0.4, -0.2) is 40.5 Å². The first-order chi connectivity index (χ1) is 9.81. The molecule has 1 saturated carbocycles. The topological polar surface area (TPSA) is 64.9 Å². The molecule has 1 aromatic rings. The second-order valence-electron chi connectivity index (χ2n) is 5.72. The molecule has 6 nitrogen and oxygen atoms in total. The van der Waals surface area contributed by atoms with Gasteiger partial charge in [-0.25, -0.2) is 4.68 Å². The lowest BCUT2D eigenvalue weighted by Gasteiger charge is -2.14. The molecule has 1 aromatic heterocycles. The lowest BCUT2D eigenvalue weighted by atomic mass is 10.0. The number of aryl methyl sites for hydroxylation is 1. The number of ether oxygens (including phenoxy) is 1. The van der Waals surface area contributed by atoms with Crippen LogP contribution in [-0.2, 0) is 11.3 Å². The minimum absolute atomic E-state index is 0.159. The third-order valence-electron chi connectivity index (χ3n) is 4.16. The quantitative estimate of drug-likeness (QED) is 0.701. The van der Waals surface area contributed by atoms with Gasteiger partial charge in [0.1, 0.15) is 0 Å². The van der Waals surface area contributed by atoms with Crippen molar-refractivity contribution < 1.29 is 4.74 Å². The van der Waals surface area contributed by atoms with E-state index in [4.69, 9.17) is 4.74 Å². The van der Waals surface area contributed by atoms with Crippen LogP contribution in [0.4, 0.5) is 0 Å². The Morgan fingerprint density at radius 3 is 2.95 bits per heavy atom. The molecule has 0 spiro atoms. The van der Waals surface area contributed by atoms with Gasteiger partial charge in [0.25, 0.3) is 0 Å². The predicted octanol–water partition coefficient (Wildman–Crippen LogP) is 1.94. The van der Waals surface area contributed by atoms with Crippen molar-refractivity contribution in [3.63, 3.8) is 0 Å². The highest BCUT2D eigenvalue weighted by atomic mass is 16.5. The van der Waals surface area contributed by atoms with E-state index in [-0.39, 0.29) is 6.04 Å². The minimum atomic E-state index is 0.159. The molecule has 1 heterocycles. The van der Waals surface area contributed by atoms with Crippen LogP contribution in [0.5, 0.6) is 0 Å². The summed E-state index contributed by atoms with van der Waals surface area (Å²) in [6, 6.07) is 0.159. The zero-order valence-electron chi connectivity index (χ0n) is 12.7. The average molecular weight is 281 g/mol. The number of tetrazole rings is 1. The standard InChI is InChI=1S/C14H27N5O/c1-12(15-9-11-20-2)14-16-17-18-19(14)10-5-8-13-6-3-4-7-13/h12-13,15H,3-11H2,1-2H3. The fourth-order valence-corrected chi connectivity index (χ4v) is 2.98. The van der Waals surface area contributed by atoms with Gasteiger partial charge < -0.3 is 10.1 Å². The fraction of sp³-hybridized carbons (Fsp3) is 0.929. The van der Waals surface area contributed by atoms with Crippen molar-refractivity contribution in [2.45, 2.75) is 58.0 Å². The molecule has 0 aliphatic heterocycles. The van der Waals surface area contributed by atoms with Crippen LogP contribution < -0.4 is 5.32 Å². The van der Waals surface area contributed by atoms with Crippen LogP contribution in [0.2, 0.25) is 0 Å². The van der Waals surface area contributed by atoms with Gasteiger partial charge in [-0.3, -0.25) is 0 Å². The summed E-state index contributed by atoms with van der Waals surface area (Å²) in [6.07, 6.45) is 8.15. The van der Waals surface area contributed by atoms with E-state index < -0.39 is 0 Å². The number of hydrogen-bond acceptors (Lipinski definition) is 5. The van der Waals surface area contributed by atoms with Crippen molar-refractivity contribution in [1.82, 2.24) is 25.5 Å². The van der Waals surface area contributed by atoms with E-state index in [1.54, 1.807) is 7.11 Å². The molecule has 1 fully saturated rings. The Hall–Kier alpha value is -1.01. The maximum Gasteiger partial charge on any atom is 0.167 e. The summed E-state index contributed by atoms with van der Waals surface area (Å²) in [7, 11) is 1.71. The molecule has 6 heteroatoms. The van der Waals surface area contributed by atoms with Gasteiger partial charge in [-0.2, -0.15) is 0 Å². The van der Waals surface area contributed by atoms with Crippen molar-refractivity contribution in [1.29, 1.82) is 0 Å². The second-order valence-corrected chi connectivity index (χ2v) is 5.72. The van der Waals surface area contributed by atoms with Gasteiger partial charge >= 0.3 is 0 Å². The zero-order chi connectivity index (χ0) is 14.2. The van der Waals surface area contributed by atoms with Crippen LogP contribution in [0.3, 0.4) is 0 Å². The number of methoxy groups -OCH3 is 1. The minimum Gasteiger partial charge on any atom is -0.383 e. The molecule has 1 unspecified atom stereocenters. The number of hydrogen-bond donors (Lipinski definition) is 1. The largest absolute Gasteiger partial charge is 0.383 e. The average Bonchev–Trinajstić information content (AvgIpc) is 3.10. The Bertz CT molecular complexity index is 375. The van der Waals surface area contributed by atoms with E-state index >= 15 is 0 Å². The summed E-state index contributed by atoms with van der Waals surface area (Å²) in [4.78, 5) is 0. The SMILES string of the molecule is COCCNC(C)c1nnnn1CCCC1CCCC1. The number of nitrogens with one attached hydrogen (secondary N) is 1. The summed E-state index contributed by atoms with van der Waals surface area (Å²) in [5, 5.41) is 15.4. The van der Waals surface area contributed by atoms with Crippen LogP contribution in [0.1, 0.15) is 57.3 Å². The van der Waals surface area contributed by atoms with Crippen molar-refractivity contribution in [2.24, 2.45) is 5.92 Å². The highest BCUT2D eigenvalue weighted by Crippen LogP contribution is 2.28. The van der Waals surface area contributed by atoms with Gasteiger partial charge in [0, 0.05) is 20.2 Å². The Kier molecular flexibility index (Phi) is 6.39. The van der Waals surface area contributed by atoms with Crippen LogP contribution in [0.25, 0.3) is 0 Å². The summed E-state index contributed by atoms with van der Waals surface area (Å²) >= 11 is 0. The summed E-state index contributed by atoms with van der Waals surface area (Å²) in [5.41, 5.74) is 0. The van der Waals surface area contributed by atoms with E-state index in [0.29, 0.717) is 6.61 Å². The zero-order valence-corrected chi connectivity index (χ0v) is 12.7. The van der Waals surface area contributed by atoms with Gasteiger partial charge in [-0.15, -0.1) is 5.10 Å². The summed E-state index contributed by atoms with van der Waals surface area (Å²) < 4.78 is 6.98. The van der Waals surface area contributed by atoms with Crippen molar-refractivity contribution in [2.75, 3.05) is 20.3 Å². The first-order valence-corrected chi connectivity index (χ1v) is 7.79. The molecule has 1 aliphatic carbocycles. The Morgan fingerprint density at radius 2 is 2.20 bits per heavy atom. The van der Waals surface area contributed by atoms with E-state index in [1.165, 1.54) is 38.5 Å². The van der Waals surface area contributed by atoms with Crippen LogP contribution in [0, 0.1) is 5.92 Å². The number of rotatable bonds is 9. The van der Waals surface area contributed by atoms with Gasteiger partial charge in [0.15, 0.2) is 5.82 Å². The van der Waals surface area contributed by atoms with E-state index in [0.717, 1.165) is 24.8 Å². The van der Waals surface area contributed by atoms with Gasteiger partial charge in [0.05, 0.1) is 12.6 Å². The Balaban J connectivity index is 1.75.